The van der Waals surface area contributed by atoms with Crippen LogP contribution in [0.1, 0.15) is 24.2 Å². The monoisotopic (exact) mass is 420 g/mol. The summed E-state index contributed by atoms with van der Waals surface area (Å²) >= 11 is 0. The van der Waals surface area contributed by atoms with E-state index in [1.807, 2.05) is 0 Å². The van der Waals surface area contributed by atoms with E-state index in [1.165, 1.54) is 7.11 Å². The number of methoxy groups -OCH3 is 1. The van der Waals surface area contributed by atoms with Crippen molar-refractivity contribution in [1.82, 2.24) is 5.32 Å². The largest absolute Gasteiger partial charge is 0.497 e. The topological polar surface area (TPSA) is 93.7 Å². The van der Waals surface area contributed by atoms with Crippen molar-refractivity contribution < 1.29 is 32.6 Å². The van der Waals surface area contributed by atoms with Crippen LogP contribution in [0.3, 0.4) is 0 Å². The van der Waals surface area contributed by atoms with Crippen LogP contribution in [-0.4, -0.2) is 37.5 Å². The zero-order valence-corrected chi connectivity index (χ0v) is 16.7. The lowest BCUT2D eigenvalue weighted by atomic mass is 10.0. The maximum Gasteiger partial charge on any atom is 0.329 e. The molecule has 1 atom stereocenters. The number of hydrogen-bond acceptors (Lipinski definition) is 5. The van der Waals surface area contributed by atoms with Gasteiger partial charge in [-0.05, 0) is 42.3 Å². The van der Waals surface area contributed by atoms with Crippen molar-refractivity contribution in [1.29, 1.82) is 0 Å². The summed E-state index contributed by atoms with van der Waals surface area (Å²) in [7, 11) is 1.51. The minimum absolute atomic E-state index is 0.457. The molecule has 0 aliphatic carbocycles. The zero-order chi connectivity index (χ0) is 22.3. The van der Waals surface area contributed by atoms with Crippen LogP contribution in [0.4, 0.5) is 14.5 Å². The molecule has 0 heterocycles. The van der Waals surface area contributed by atoms with Gasteiger partial charge in [0.25, 0.3) is 11.8 Å². The average Bonchev–Trinajstić information content (AvgIpc) is 2.70. The van der Waals surface area contributed by atoms with E-state index in [1.54, 1.807) is 38.1 Å². The molecule has 2 rings (SSSR count). The number of carbonyl (C=O) groups excluding carboxylic acids is 3. The van der Waals surface area contributed by atoms with Gasteiger partial charge < -0.3 is 20.1 Å². The van der Waals surface area contributed by atoms with Gasteiger partial charge in [0.15, 0.2) is 6.61 Å². The molecule has 2 aromatic carbocycles. The molecule has 30 heavy (non-hydrogen) atoms. The molecule has 2 amide bonds. The molecule has 2 aromatic rings. The molecule has 0 saturated carbocycles. The third kappa shape index (κ3) is 6.00. The van der Waals surface area contributed by atoms with Crippen LogP contribution >= 0.6 is 0 Å². The number of ether oxygens (including phenoxy) is 2. The molecule has 0 aliphatic heterocycles. The second kappa shape index (κ2) is 10.3. The summed E-state index contributed by atoms with van der Waals surface area (Å²) in [5.74, 6) is -4.54. The van der Waals surface area contributed by atoms with E-state index < -0.39 is 53.5 Å². The van der Waals surface area contributed by atoms with Crippen LogP contribution in [0, 0.1) is 17.6 Å². The van der Waals surface area contributed by atoms with Gasteiger partial charge in [0, 0.05) is 5.69 Å². The van der Waals surface area contributed by atoms with Crippen LogP contribution < -0.4 is 15.4 Å². The highest BCUT2D eigenvalue weighted by Crippen LogP contribution is 2.15. The van der Waals surface area contributed by atoms with Crippen molar-refractivity contribution in [3.8, 4) is 5.75 Å². The summed E-state index contributed by atoms with van der Waals surface area (Å²) in [6, 6.07) is 8.30. The molecule has 0 unspecified atom stereocenters. The summed E-state index contributed by atoms with van der Waals surface area (Å²) < 4.78 is 37.5. The van der Waals surface area contributed by atoms with Gasteiger partial charge >= 0.3 is 5.97 Å². The number of rotatable bonds is 8. The van der Waals surface area contributed by atoms with Gasteiger partial charge in [-0.2, -0.15) is 0 Å². The lowest BCUT2D eigenvalue weighted by Gasteiger charge is -2.21. The van der Waals surface area contributed by atoms with Crippen LogP contribution in [0.15, 0.2) is 42.5 Å². The fraction of sp³-hybridized carbons (Fsp3) is 0.286. The van der Waals surface area contributed by atoms with E-state index in [0.29, 0.717) is 11.4 Å². The first-order chi connectivity index (χ1) is 14.2. The molecular weight excluding hydrogens is 398 g/mol. The Morgan fingerprint density at radius 1 is 1.00 bits per heavy atom. The number of carbonyl (C=O) groups is 3. The molecule has 2 N–H and O–H groups in total. The van der Waals surface area contributed by atoms with Crippen molar-refractivity contribution in [3.05, 3.63) is 59.7 Å². The Balaban J connectivity index is 1.96. The number of benzene rings is 2. The number of amides is 2. The quantitative estimate of drug-likeness (QED) is 0.641. The minimum atomic E-state index is -1.20. The molecule has 0 saturated heterocycles. The first kappa shape index (κ1) is 22.8. The van der Waals surface area contributed by atoms with Crippen LogP contribution in [-0.2, 0) is 14.3 Å². The van der Waals surface area contributed by atoms with Gasteiger partial charge in [0.2, 0.25) is 0 Å². The fourth-order valence-corrected chi connectivity index (χ4v) is 2.52. The summed E-state index contributed by atoms with van der Waals surface area (Å²) in [5.41, 5.74) is -0.325. The Morgan fingerprint density at radius 3 is 2.13 bits per heavy atom. The summed E-state index contributed by atoms with van der Waals surface area (Å²) in [5, 5.41) is 4.80. The fourth-order valence-electron chi connectivity index (χ4n) is 2.52. The second-order valence-corrected chi connectivity index (χ2v) is 6.68. The lowest BCUT2D eigenvalue weighted by Crippen LogP contribution is -2.46. The molecule has 0 aromatic heterocycles. The van der Waals surface area contributed by atoms with Crippen molar-refractivity contribution in [2.75, 3.05) is 19.0 Å². The standard InChI is InChI=1S/C21H22F2N2O5/c1-12(2)19(25-20(27)18-15(22)5-4-6-16(18)23)21(28)30-11-17(26)24-13-7-9-14(29-3)10-8-13/h4-10,12,19H,11H2,1-3H3,(H,24,26)(H,25,27)/t19-/m0/s1. The van der Waals surface area contributed by atoms with E-state index in [2.05, 4.69) is 10.6 Å². The number of esters is 1. The van der Waals surface area contributed by atoms with Gasteiger partial charge in [0.1, 0.15) is 29.0 Å². The Kier molecular flexibility index (Phi) is 7.85. The van der Waals surface area contributed by atoms with Crippen molar-refractivity contribution in [3.63, 3.8) is 0 Å². The molecule has 9 heteroatoms. The average molecular weight is 420 g/mol. The van der Waals surface area contributed by atoms with E-state index in [-0.39, 0.29) is 0 Å². The predicted octanol–water partition coefficient (Wildman–Crippen LogP) is 2.91. The molecule has 0 aliphatic rings. The van der Waals surface area contributed by atoms with E-state index in [9.17, 15) is 23.2 Å². The van der Waals surface area contributed by atoms with Crippen molar-refractivity contribution in [2.45, 2.75) is 19.9 Å². The third-order valence-electron chi connectivity index (χ3n) is 4.12. The van der Waals surface area contributed by atoms with Crippen LogP contribution in [0.2, 0.25) is 0 Å². The second-order valence-electron chi connectivity index (χ2n) is 6.68. The Morgan fingerprint density at radius 2 is 1.60 bits per heavy atom. The molecule has 0 spiro atoms. The number of nitrogens with one attached hydrogen (secondary N) is 2. The Hall–Kier alpha value is -3.49. The van der Waals surface area contributed by atoms with E-state index in [4.69, 9.17) is 9.47 Å². The van der Waals surface area contributed by atoms with E-state index >= 15 is 0 Å². The van der Waals surface area contributed by atoms with Gasteiger partial charge in [-0.15, -0.1) is 0 Å². The molecule has 0 bridgehead atoms. The maximum atomic E-state index is 13.8. The number of anilines is 1. The number of hydrogen-bond donors (Lipinski definition) is 2. The molecule has 160 valence electrons. The normalized spacial score (nSPS) is 11.5. The first-order valence-electron chi connectivity index (χ1n) is 9.08. The van der Waals surface area contributed by atoms with Gasteiger partial charge in [0.05, 0.1) is 7.11 Å². The van der Waals surface area contributed by atoms with Crippen LogP contribution in [0.25, 0.3) is 0 Å². The predicted molar refractivity (Wildman–Crippen MR) is 105 cm³/mol. The van der Waals surface area contributed by atoms with Gasteiger partial charge in [-0.1, -0.05) is 19.9 Å². The third-order valence-corrected chi connectivity index (χ3v) is 4.12. The maximum absolute atomic E-state index is 13.8. The highest BCUT2D eigenvalue weighted by atomic mass is 19.1. The van der Waals surface area contributed by atoms with Gasteiger partial charge in [-0.25, -0.2) is 13.6 Å². The SMILES string of the molecule is COc1ccc(NC(=O)COC(=O)[C@@H](NC(=O)c2c(F)cccc2F)C(C)C)cc1. The summed E-state index contributed by atoms with van der Waals surface area (Å²) in [4.78, 5) is 36.6. The lowest BCUT2D eigenvalue weighted by molar-refractivity contribution is -0.150. The Labute approximate surface area is 172 Å². The Bertz CT molecular complexity index is 896. The highest BCUT2D eigenvalue weighted by Gasteiger charge is 2.28. The smallest absolute Gasteiger partial charge is 0.329 e. The molecule has 7 nitrogen and oxygen atoms in total. The van der Waals surface area contributed by atoms with Crippen LogP contribution in [0.5, 0.6) is 5.75 Å². The molecule has 0 radical (unpaired) electrons. The summed E-state index contributed by atoms with van der Waals surface area (Å²) in [6.07, 6.45) is 0. The van der Waals surface area contributed by atoms with Crippen molar-refractivity contribution in [2.24, 2.45) is 5.92 Å². The van der Waals surface area contributed by atoms with Gasteiger partial charge in [-0.3, -0.25) is 9.59 Å². The highest BCUT2D eigenvalue weighted by molar-refractivity contribution is 5.98. The molecule has 0 fully saturated rings. The van der Waals surface area contributed by atoms with Crippen molar-refractivity contribution >= 4 is 23.5 Å². The first-order valence-corrected chi connectivity index (χ1v) is 9.08. The number of halogens is 2. The van der Waals surface area contributed by atoms with E-state index in [0.717, 1.165) is 18.2 Å². The minimum Gasteiger partial charge on any atom is -0.497 e. The zero-order valence-electron chi connectivity index (χ0n) is 16.7. The summed E-state index contributed by atoms with van der Waals surface area (Å²) in [6.45, 7) is 2.63. The molecular formula is C21H22F2N2O5.